The molecule has 0 fully saturated rings. The Balaban J connectivity index is 2.24. The zero-order valence-corrected chi connectivity index (χ0v) is 10.7. The van der Waals surface area contributed by atoms with Crippen molar-refractivity contribution in [3.05, 3.63) is 23.8 Å². The Bertz CT molecular complexity index is 441. The average Bonchev–Trinajstić information content (AvgIpc) is 2.36. The van der Waals surface area contributed by atoms with E-state index in [9.17, 15) is 4.79 Å². The van der Waals surface area contributed by atoms with E-state index in [0.29, 0.717) is 0 Å². The van der Waals surface area contributed by atoms with E-state index >= 15 is 0 Å². The van der Waals surface area contributed by atoms with Gasteiger partial charge in [0.1, 0.15) is 17.6 Å². The summed E-state index contributed by atoms with van der Waals surface area (Å²) in [4.78, 5) is 10.9. The summed E-state index contributed by atoms with van der Waals surface area (Å²) >= 11 is 0. The summed E-state index contributed by atoms with van der Waals surface area (Å²) in [6.07, 6.45) is 1.69. The monoisotopic (exact) mass is 250 g/mol. The van der Waals surface area contributed by atoms with Gasteiger partial charge in [0.25, 0.3) is 0 Å². The molecule has 1 heterocycles. The van der Waals surface area contributed by atoms with Crippen molar-refractivity contribution < 1.29 is 19.4 Å². The Hall–Kier alpha value is -1.71. The highest BCUT2D eigenvalue weighted by molar-refractivity contribution is 5.67. The SMILES string of the molecule is CCC1Oc2ccc(OC)cc2CC1CC(=O)O. The molecule has 1 aromatic rings. The predicted molar refractivity (Wildman–Crippen MR) is 67.1 cm³/mol. The fourth-order valence-electron chi connectivity index (χ4n) is 2.48. The first-order valence-electron chi connectivity index (χ1n) is 6.19. The van der Waals surface area contributed by atoms with Gasteiger partial charge >= 0.3 is 5.97 Å². The van der Waals surface area contributed by atoms with Crippen LogP contribution in [-0.2, 0) is 11.2 Å². The molecule has 2 atom stereocenters. The number of hydrogen-bond acceptors (Lipinski definition) is 3. The third kappa shape index (κ3) is 2.58. The van der Waals surface area contributed by atoms with Crippen LogP contribution in [0.3, 0.4) is 0 Å². The Labute approximate surface area is 107 Å². The van der Waals surface area contributed by atoms with Gasteiger partial charge in [0.15, 0.2) is 0 Å². The van der Waals surface area contributed by atoms with Crippen LogP contribution in [0.4, 0.5) is 0 Å². The molecule has 0 aliphatic carbocycles. The van der Waals surface area contributed by atoms with Gasteiger partial charge in [-0.1, -0.05) is 6.92 Å². The van der Waals surface area contributed by atoms with E-state index in [-0.39, 0.29) is 18.4 Å². The van der Waals surface area contributed by atoms with Crippen LogP contribution in [0, 0.1) is 5.92 Å². The van der Waals surface area contributed by atoms with Gasteiger partial charge in [0, 0.05) is 5.92 Å². The number of hydrogen-bond donors (Lipinski definition) is 1. The number of fused-ring (bicyclic) bond motifs is 1. The normalized spacial score (nSPS) is 21.9. The smallest absolute Gasteiger partial charge is 0.303 e. The maximum absolute atomic E-state index is 10.9. The van der Waals surface area contributed by atoms with E-state index in [1.54, 1.807) is 7.11 Å². The molecular formula is C14H18O4. The Morgan fingerprint density at radius 3 is 2.94 bits per heavy atom. The number of carboxylic acid groups (broad SMARTS) is 1. The van der Waals surface area contributed by atoms with Gasteiger partial charge < -0.3 is 14.6 Å². The Morgan fingerprint density at radius 2 is 2.33 bits per heavy atom. The van der Waals surface area contributed by atoms with Crippen LogP contribution in [0.2, 0.25) is 0 Å². The highest BCUT2D eigenvalue weighted by atomic mass is 16.5. The number of rotatable bonds is 4. The van der Waals surface area contributed by atoms with Crippen LogP contribution in [0.5, 0.6) is 11.5 Å². The van der Waals surface area contributed by atoms with E-state index < -0.39 is 5.97 Å². The first kappa shape index (κ1) is 12.7. The second kappa shape index (κ2) is 5.29. The second-order valence-corrected chi connectivity index (χ2v) is 4.60. The van der Waals surface area contributed by atoms with Gasteiger partial charge in [-0.05, 0) is 36.6 Å². The Kier molecular flexibility index (Phi) is 3.75. The molecule has 4 heteroatoms. The largest absolute Gasteiger partial charge is 0.497 e. The Morgan fingerprint density at radius 1 is 1.56 bits per heavy atom. The molecule has 18 heavy (non-hydrogen) atoms. The van der Waals surface area contributed by atoms with E-state index in [1.807, 2.05) is 25.1 Å². The van der Waals surface area contributed by atoms with Crippen LogP contribution in [-0.4, -0.2) is 24.3 Å². The van der Waals surface area contributed by atoms with E-state index in [1.165, 1.54) is 0 Å². The molecule has 0 amide bonds. The van der Waals surface area contributed by atoms with E-state index in [2.05, 4.69) is 0 Å². The minimum absolute atomic E-state index is 0.0120. The molecule has 0 bridgehead atoms. The van der Waals surface area contributed by atoms with E-state index in [4.69, 9.17) is 14.6 Å². The van der Waals surface area contributed by atoms with Gasteiger partial charge in [-0.2, -0.15) is 0 Å². The second-order valence-electron chi connectivity index (χ2n) is 4.60. The third-order valence-electron chi connectivity index (χ3n) is 3.39. The fraction of sp³-hybridized carbons (Fsp3) is 0.500. The highest BCUT2D eigenvalue weighted by Gasteiger charge is 2.30. The summed E-state index contributed by atoms with van der Waals surface area (Å²) in [7, 11) is 1.62. The maximum atomic E-state index is 10.9. The summed E-state index contributed by atoms with van der Waals surface area (Å²) in [5.41, 5.74) is 1.03. The molecule has 4 nitrogen and oxygen atoms in total. The average molecular weight is 250 g/mol. The summed E-state index contributed by atoms with van der Waals surface area (Å²) in [5.74, 6) is 0.895. The summed E-state index contributed by atoms with van der Waals surface area (Å²) in [6.45, 7) is 2.02. The van der Waals surface area contributed by atoms with Crippen LogP contribution < -0.4 is 9.47 Å². The van der Waals surface area contributed by atoms with Crippen LogP contribution >= 0.6 is 0 Å². The summed E-state index contributed by atoms with van der Waals surface area (Å²) in [5, 5.41) is 8.95. The number of ether oxygens (including phenoxy) is 2. The number of benzene rings is 1. The van der Waals surface area contributed by atoms with Crippen molar-refractivity contribution in [3.63, 3.8) is 0 Å². The van der Waals surface area contributed by atoms with Gasteiger partial charge in [0.2, 0.25) is 0 Å². The van der Waals surface area contributed by atoms with E-state index in [0.717, 1.165) is 29.9 Å². The number of aliphatic carboxylic acids is 1. The number of methoxy groups -OCH3 is 1. The van der Waals surface area contributed by atoms with Gasteiger partial charge in [-0.15, -0.1) is 0 Å². The van der Waals surface area contributed by atoms with Crippen LogP contribution in [0.15, 0.2) is 18.2 Å². The molecule has 1 aliphatic rings. The lowest BCUT2D eigenvalue weighted by Gasteiger charge is -2.32. The lowest BCUT2D eigenvalue weighted by molar-refractivity contribution is -0.139. The molecule has 1 aliphatic heterocycles. The maximum Gasteiger partial charge on any atom is 0.303 e. The van der Waals surface area contributed by atoms with Crippen molar-refractivity contribution >= 4 is 5.97 Å². The van der Waals surface area contributed by atoms with Crippen LogP contribution in [0.1, 0.15) is 25.3 Å². The molecule has 98 valence electrons. The molecule has 1 N–H and O–H groups in total. The quantitative estimate of drug-likeness (QED) is 0.892. The first-order chi connectivity index (χ1) is 8.63. The van der Waals surface area contributed by atoms with Crippen molar-refractivity contribution in [3.8, 4) is 11.5 Å². The van der Waals surface area contributed by atoms with Gasteiger partial charge in [-0.3, -0.25) is 4.79 Å². The van der Waals surface area contributed by atoms with Gasteiger partial charge in [-0.25, -0.2) is 0 Å². The molecule has 2 rings (SSSR count). The topological polar surface area (TPSA) is 55.8 Å². The van der Waals surface area contributed by atoms with Crippen molar-refractivity contribution in [1.82, 2.24) is 0 Å². The minimum atomic E-state index is -0.770. The fourth-order valence-corrected chi connectivity index (χ4v) is 2.48. The van der Waals surface area contributed by atoms with Crippen molar-refractivity contribution in [1.29, 1.82) is 0 Å². The number of carboxylic acids is 1. The lowest BCUT2D eigenvalue weighted by Crippen LogP contribution is -2.33. The first-order valence-corrected chi connectivity index (χ1v) is 6.19. The lowest BCUT2D eigenvalue weighted by atomic mass is 9.87. The van der Waals surface area contributed by atoms with Crippen molar-refractivity contribution in [2.75, 3.05) is 7.11 Å². The summed E-state index contributed by atoms with van der Waals surface area (Å²) in [6, 6.07) is 5.69. The zero-order chi connectivity index (χ0) is 13.1. The predicted octanol–water partition coefficient (Wildman–Crippen LogP) is 2.50. The molecule has 0 spiro atoms. The zero-order valence-electron chi connectivity index (χ0n) is 10.7. The molecule has 2 unspecified atom stereocenters. The standard InChI is InChI=1S/C14H18O4/c1-3-12-10(8-14(15)16)6-9-7-11(17-2)4-5-13(9)18-12/h4-5,7,10,12H,3,6,8H2,1-2H3,(H,15,16). The van der Waals surface area contributed by atoms with Crippen molar-refractivity contribution in [2.45, 2.75) is 32.3 Å². The van der Waals surface area contributed by atoms with Gasteiger partial charge in [0.05, 0.1) is 13.5 Å². The summed E-state index contributed by atoms with van der Waals surface area (Å²) < 4.78 is 11.1. The molecule has 0 saturated carbocycles. The van der Waals surface area contributed by atoms with Crippen molar-refractivity contribution in [2.24, 2.45) is 5.92 Å². The molecular weight excluding hydrogens is 232 g/mol. The number of carbonyl (C=O) groups is 1. The highest BCUT2D eigenvalue weighted by Crippen LogP contribution is 2.35. The molecule has 1 aromatic carbocycles. The third-order valence-corrected chi connectivity index (χ3v) is 3.39. The molecule has 0 saturated heterocycles. The molecule has 0 aromatic heterocycles. The molecule has 0 radical (unpaired) electrons. The minimum Gasteiger partial charge on any atom is -0.497 e. The van der Waals surface area contributed by atoms with Crippen LogP contribution in [0.25, 0.3) is 0 Å².